The van der Waals surface area contributed by atoms with E-state index >= 15 is 0 Å². The van der Waals surface area contributed by atoms with Gasteiger partial charge in [-0.05, 0) is 6.08 Å². The Bertz CT molecular complexity index is 314. The molecule has 0 saturated heterocycles. The van der Waals surface area contributed by atoms with E-state index in [0.29, 0.717) is 0 Å². The predicted octanol–water partition coefficient (Wildman–Crippen LogP) is 3.61. The van der Waals surface area contributed by atoms with Gasteiger partial charge in [-0.15, -0.1) is 0 Å². The van der Waals surface area contributed by atoms with Crippen molar-refractivity contribution in [2.24, 2.45) is 4.99 Å². The van der Waals surface area contributed by atoms with E-state index < -0.39 is 0 Å². The number of allylic oxidation sites excluding steroid dienone is 7. The van der Waals surface area contributed by atoms with Gasteiger partial charge in [0.25, 0.3) is 0 Å². The molecule has 0 aliphatic carbocycles. The number of aliphatic imine (C=N–C) groups is 1. The van der Waals surface area contributed by atoms with Crippen LogP contribution in [0.3, 0.4) is 0 Å². The summed E-state index contributed by atoms with van der Waals surface area (Å²) >= 11 is 0. The first kappa shape index (κ1) is 12.1. The SMILES string of the molecule is C=C/C=C\C(=C\C=C)C(C=C)=NC=C. The molecule has 0 aromatic heterocycles. The highest BCUT2D eigenvalue weighted by Crippen LogP contribution is 2.03. The van der Waals surface area contributed by atoms with Crippen LogP contribution in [0.5, 0.6) is 0 Å². The number of nitrogens with zero attached hydrogens (tertiary/aromatic N) is 1. The van der Waals surface area contributed by atoms with Gasteiger partial charge in [0.05, 0.1) is 5.71 Å². The topological polar surface area (TPSA) is 12.4 Å². The Morgan fingerprint density at radius 2 is 1.71 bits per heavy atom. The minimum Gasteiger partial charge on any atom is -0.257 e. The molecule has 0 saturated carbocycles. The predicted molar refractivity (Wildman–Crippen MR) is 65.4 cm³/mol. The molecule has 14 heavy (non-hydrogen) atoms. The summed E-state index contributed by atoms with van der Waals surface area (Å²) in [6.07, 6.45) is 12.1. The summed E-state index contributed by atoms with van der Waals surface area (Å²) < 4.78 is 0. The third-order valence-corrected chi connectivity index (χ3v) is 1.43. The molecule has 0 aromatic carbocycles. The third kappa shape index (κ3) is 4.21. The van der Waals surface area contributed by atoms with Crippen LogP contribution in [0, 0.1) is 0 Å². The van der Waals surface area contributed by atoms with Crippen molar-refractivity contribution in [3.8, 4) is 0 Å². The van der Waals surface area contributed by atoms with Crippen LogP contribution in [0.1, 0.15) is 0 Å². The van der Waals surface area contributed by atoms with Gasteiger partial charge in [-0.3, -0.25) is 4.99 Å². The summed E-state index contributed by atoms with van der Waals surface area (Å²) in [4.78, 5) is 4.08. The highest BCUT2D eigenvalue weighted by Gasteiger charge is 1.96. The summed E-state index contributed by atoms with van der Waals surface area (Å²) in [5, 5.41) is 0. The minimum absolute atomic E-state index is 0.762. The Balaban J connectivity index is 5.07. The van der Waals surface area contributed by atoms with Crippen LogP contribution in [0.15, 0.2) is 79.5 Å². The molecule has 0 N–H and O–H groups in total. The lowest BCUT2D eigenvalue weighted by Crippen LogP contribution is -1.95. The molecule has 0 atom stereocenters. The van der Waals surface area contributed by atoms with Gasteiger partial charge in [0, 0.05) is 11.8 Å². The maximum absolute atomic E-state index is 4.08. The van der Waals surface area contributed by atoms with Crippen molar-refractivity contribution in [3.05, 3.63) is 74.5 Å². The van der Waals surface area contributed by atoms with E-state index in [1.807, 2.05) is 18.2 Å². The van der Waals surface area contributed by atoms with Crippen molar-refractivity contribution in [1.82, 2.24) is 0 Å². The number of rotatable bonds is 6. The normalized spacial score (nSPS) is 12.6. The average Bonchev–Trinajstić information content (AvgIpc) is 2.21. The Kier molecular flexibility index (Phi) is 6.70. The molecule has 0 spiro atoms. The van der Waals surface area contributed by atoms with Crippen LogP contribution in [-0.4, -0.2) is 5.71 Å². The summed E-state index contributed by atoms with van der Waals surface area (Å²) in [7, 11) is 0. The maximum Gasteiger partial charge on any atom is 0.0695 e. The second kappa shape index (κ2) is 7.74. The van der Waals surface area contributed by atoms with Gasteiger partial charge in [-0.25, -0.2) is 0 Å². The van der Waals surface area contributed by atoms with E-state index in [1.165, 1.54) is 6.20 Å². The van der Waals surface area contributed by atoms with E-state index in [4.69, 9.17) is 0 Å². The van der Waals surface area contributed by atoms with E-state index in [2.05, 4.69) is 31.3 Å². The standard InChI is InChI=1S/C13H15N/c1-5-9-11-12(10-6-2)13(7-3)14-8-4/h5-11H,1-4H2/b11-9-,12-10-,14-13?. The van der Waals surface area contributed by atoms with Gasteiger partial charge in [-0.2, -0.15) is 0 Å². The summed E-state index contributed by atoms with van der Waals surface area (Å²) in [5.74, 6) is 0. The fourth-order valence-electron chi connectivity index (χ4n) is 0.868. The van der Waals surface area contributed by atoms with Gasteiger partial charge in [0.1, 0.15) is 0 Å². The Morgan fingerprint density at radius 1 is 1.00 bits per heavy atom. The molecule has 0 amide bonds. The van der Waals surface area contributed by atoms with Gasteiger partial charge in [-0.1, -0.05) is 56.7 Å². The van der Waals surface area contributed by atoms with Gasteiger partial charge >= 0.3 is 0 Å². The van der Waals surface area contributed by atoms with Crippen molar-refractivity contribution < 1.29 is 0 Å². The highest BCUT2D eigenvalue weighted by atomic mass is 14.7. The fourth-order valence-corrected chi connectivity index (χ4v) is 0.868. The monoisotopic (exact) mass is 185 g/mol. The largest absolute Gasteiger partial charge is 0.257 e. The molecule has 0 bridgehead atoms. The first-order valence-electron chi connectivity index (χ1n) is 4.23. The van der Waals surface area contributed by atoms with Crippen molar-refractivity contribution in [3.63, 3.8) is 0 Å². The van der Waals surface area contributed by atoms with E-state index in [0.717, 1.165) is 11.3 Å². The lowest BCUT2D eigenvalue weighted by Gasteiger charge is -1.99. The zero-order chi connectivity index (χ0) is 10.8. The molecule has 0 heterocycles. The van der Waals surface area contributed by atoms with Crippen molar-refractivity contribution >= 4 is 5.71 Å². The molecule has 0 aliphatic heterocycles. The van der Waals surface area contributed by atoms with Gasteiger partial charge < -0.3 is 0 Å². The minimum atomic E-state index is 0.762. The molecule has 0 radical (unpaired) electrons. The molecule has 0 aliphatic rings. The summed E-state index contributed by atoms with van der Waals surface area (Å²) in [6.45, 7) is 14.4. The van der Waals surface area contributed by atoms with Gasteiger partial charge in [0.15, 0.2) is 0 Å². The van der Waals surface area contributed by atoms with Crippen molar-refractivity contribution in [2.45, 2.75) is 0 Å². The van der Waals surface area contributed by atoms with E-state index in [9.17, 15) is 0 Å². The molecule has 0 rings (SSSR count). The van der Waals surface area contributed by atoms with E-state index in [1.54, 1.807) is 18.2 Å². The molecular weight excluding hydrogens is 170 g/mol. The fraction of sp³-hybridized carbons (Fsp3) is 0. The van der Waals surface area contributed by atoms with Crippen LogP contribution in [0.4, 0.5) is 0 Å². The first-order chi connectivity index (χ1) is 6.79. The molecule has 0 fully saturated rings. The molecule has 72 valence electrons. The second-order valence-corrected chi connectivity index (χ2v) is 2.35. The van der Waals surface area contributed by atoms with Crippen LogP contribution in [0.2, 0.25) is 0 Å². The number of hydrogen-bond acceptors (Lipinski definition) is 1. The average molecular weight is 185 g/mol. The lowest BCUT2D eigenvalue weighted by atomic mass is 10.1. The summed E-state index contributed by atoms with van der Waals surface area (Å²) in [6, 6.07) is 0. The molecule has 1 heteroatoms. The smallest absolute Gasteiger partial charge is 0.0695 e. The van der Waals surface area contributed by atoms with Crippen LogP contribution in [0.25, 0.3) is 0 Å². The van der Waals surface area contributed by atoms with Crippen molar-refractivity contribution in [2.75, 3.05) is 0 Å². The molecular formula is C13H15N. The van der Waals surface area contributed by atoms with Crippen LogP contribution < -0.4 is 0 Å². The molecule has 0 unspecified atom stereocenters. The van der Waals surface area contributed by atoms with E-state index in [-0.39, 0.29) is 0 Å². The van der Waals surface area contributed by atoms with Crippen LogP contribution in [-0.2, 0) is 0 Å². The van der Waals surface area contributed by atoms with Crippen LogP contribution >= 0.6 is 0 Å². The molecule has 0 aromatic rings. The quantitative estimate of drug-likeness (QED) is 0.443. The number of hydrogen-bond donors (Lipinski definition) is 0. The Hall–Kier alpha value is -1.89. The zero-order valence-corrected chi connectivity index (χ0v) is 8.32. The van der Waals surface area contributed by atoms with Crippen molar-refractivity contribution in [1.29, 1.82) is 0 Å². The summed E-state index contributed by atoms with van der Waals surface area (Å²) in [5.41, 5.74) is 1.69. The highest BCUT2D eigenvalue weighted by molar-refractivity contribution is 6.10. The molecule has 1 nitrogen and oxygen atoms in total. The van der Waals surface area contributed by atoms with Gasteiger partial charge in [0.2, 0.25) is 0 Å². The third-order valence-electron chi connectivity index (χ3n) is 1.43. The zero-order valence-electron chi connectivity index (χ0n) is 8.32. The lowest BCUT2D eigenvalue weighted by molar-refractivity contribution is 1.56. The maximum atomic E-state index is 4.08. The Labute approximate surface area is 85.9 Å². The second-order valence-electron chi connectivity index (χ2n) is 2.35. The Morgan fingerprint density at radius 3 is 2.14 bits per heavy atom. The first-order valence-corrected chi connectivity index (χ1v) is 4.23.